The first-order valence-electron chi connectivity index (χ1n) is 14.0. The number of halogens is 2. The summed E-state index contributed by atoms with van der Waals surface area (Å²) in [4.78, 5) is 53.4. The van der Waals surface area contributed by atoms with E-state index in [4.69, 9.17) is 28.0 Å². The molecule has 5 aliphatic rings. The number of carbonyl (C=O) groups excluding carboxylic acids is 2. The van der Waals surface area contributed by atoms with Crippen LogP contribution in [0.5, 0.6) is 0 Å². The standard InChI is InChI=1S/C30H24Cl2N6O5S/c1-35-16-19(17-8-2-5-13-23(17)38(41)42)29(28(35)18-9-3-4-12-22(18)33-26(28)39)27(40)37-15-7-14-36-25(34-43-30(36,37)44-29)24-20(31)10-6-11-21(24)32/h2-6,8-13,19H,7,14-16H2,1H3,(H,33,39). The predicted octanol–water partition coefficient (Wildman–Crippen LogP) is 4.80. The third-order valence-electron chi connectivity index (χ3n) is 9.46. The van der Waals surface area contributed by atoms with Gasteiger partial charge in [-0.05, 0) is 43.4 Å². The predicted molar refractivity (Wildman–Crippen MR) is 165 cm³/mol. The van der Waals surface area contributed by atoms with Gasteiger partial charge in [0.2, 0.25) is 5.91 Å². The van der Waals surface area contributed by atoms with Gasteiger partial charge in [0.15, 0.2) is 11.4 Å². The van der Waals surface area contributed by atoms with Gasteiger partial charge in [0.05, 0.1) is 20.5 Å². The zero-order valence-electron chi connectivity index (χ0n) is 23.2. The van der Waals surface area contributed by atoms with E-state index >= 15 is 4.79 Å². The lowest BCUT2D eigenvalue weighted by Crippen LogP contribution is -2.63. The van der Waals surface area contributed by atoms with Crippen molar-refractivity contribution in [2.24, 2.45) is 5.16 Å². The Morgan fingerprint density at radius 2 is 1.73 bits per heavy atom. The van der Waals surface area contributed by atoms with Crippen molar-refractivity contribution in [2.45, 2.75) is 27.8 Å². The van der Waals surface area contributed by atoms with Gasteiger partial charge >= 0.3 is 5.18 Å². The van der Waals surface area contributed by atoms with E-state index in [2.05, 4.69) is 10.5 Å². The Morgan fingerprint density at radius 1 is 1.02 bits per heavy atom. The van der Waals surface area contributed by atoms with Crippen molar-refractivity contribution >= 4 is 64.0 Å². The van der Waals surface area contributed by atoms with Crippen LogP contribution in [0.2, 0.25) is 10.0 Å². The summed E-state index contributed by atoms with van der Waals surface area (Å²) in [6.45, 7) is 0.990. The molecule has 4 unspecified atom stereocenters. The Morgan fingerprint density at radius 3 is 2.50 bits per heavy atom. The minimum atomic E-state index is -1.59. The first kappa shape index (κ1) is 27.7. The van der Waals surface area contributed by atoms with Crippen molar-refractivity contribution in [3.05, 3.63) is 104 Å². The number of fused-ring (bicyclic) bond motifs is 3. The molecule has 3 spiro atoms. The summed E-state index contributed by atoms with van der Waals surface area (Å²) in [6.07, 6.45) is 0.580. The fraction of sp³-hybridized carbons (Fsp3) is 0.300. The summed E-state index contributed by atoms with van der Waals surface area (Å²) in [7, 11) is 1.79. The highest BCUT2D eigenvalue weighted by atomic mass is 35.5. The first-order valence-corrected chi connectivity index (χ1v) is 15.6. The zero-order chi connectivity index (χ0) is 30.6. The number of benzene rings is 3. The molecule has 4 atom stereocenters. The molecule has 3 fully saturated rings. The summed E-state index contributed by atoms with van der Waals surface area (Å²) >= 11 is 14.4. The third-order valence-corrected chi connectivity index (χ3v) is 11.9. The summed E-state index contributed by atoms with van der Waals surface area (Å²) in [5.74, 6) is -1.13. The highest BCUT2D eigenvalue weighted by Crippen LogP contribution is 2.71. The average Bonchev–Trinajstić information content (AvgIpc) is 3.69. The van der Waals surface area contributed by atoms with Gasteiger partial charge in [-0.1, -0.05) is 70.8 Å². The van der Waals surface area contributed by atoms with Crippen molar-refractivity contribution in [3.63, 3.8) is 0 Å². The molecule has 0 aromatic heterocycles. The Labute approximate surface area is 265 Å². The molecule has 14 heteroatoms. The van der Waals surface area contributed by atoms with Gasteiger partial charge in [-0.2, -0.15) is 0 Å². The number of likely N-dealkylation sites (tertiary alicyclic amines) is 1. The molecule has 3 aromatic carbocycles. The van der Waals surface area contributed by atoms with E-state index in [9.17, 15) is 14.9 Å². The summed E-state index contributed by atoms with van der Waals surface area (Å²) in [6, 6.07) is 18.9. The van der Waals surface area contributed by atoms with E-state index in [0.29, 0.717) is 57.8 Å². The molecular weight excluding hydrogens is 627 g/mol. The number of hydrogen-bond acceptors (Lipinski definition) is 9. The molecule has 3 saturated heterocycles. The van der Waals surface area contributed by atoms with E-state index in [1.807, 2.05) is 28.0 Å². The van der Waals surface area contributed by atoms with Crippen LogP contribution in [0.3, 0.4) is 0 Å². The second kappa shape index (κ2) is 9.33. The lowest BCUT2D eigenvalue weighted by Gasteiger charge is -2.43. The summed E-state index contributed by atoms with van der Waals surface area (Å²) in [5.41, 5.74) is 0.424. The molecule has 5 aliphatic heterocycles. The van der Waals surface area contributed by atoms with Crippen LogP contribution in [0.25, 0.3) is 0 Å². The molecule has 3 aromatic rings. The molecule has 224 valence electrons. The van der Waals surface area contributed by atoms with E-state index in [1.165, 1.54) is 17.8 Å². The van der Waals surface area contributed by atoms with Crippen LogP contribution in [0.1, 0.15) is 29.0 Å². The number of likely N-dealkylation sites (N-methyl/N-ethyl adjacent to an activating group) is 1. The van der Waals surface area contributed by atoms with Gasteiger partial charge in [0, 0.05) is 48.4 Å². The molecule has 2 amide bonds. The Hall–Kier alpha value is -3.84. The van der Waals surface area contributed by atoms with Crippen molar-refractivity contribution in [1.82, 2.24) is 14.7 Å². The van der Waals surface area contributed by atoms with E-state index < -0.39 is 26.3 Å². The fourth-order valence-corrected chi connectivity index (χ4v) is 10.5. The number of nitrogens with zero attached hydrogens (tertiary/aromatic N) is 5. The normalized spacial score (nSPS) is 30.3. The third kappa shape index (κ3) is 3.16. The molecule has 8 rings (SSSR count). The number of rotatable bonds is 3. The molecule has 0 radical (unpaired) electrons. The zero-order valence-corrected chi connectivity index (χ0v) is 25.5. The number of hydrogen-bond donors (Lipinski definition) is 1. The summed E-state index contributed by atoms with van der Waals surface area (Å²) < 4.78 is -1.59. The quantitative estimate of drug-likeness (QED) is 0.317. The maximum absolute atomic E-state index is 15.3. The molecule has 44 heavy (non-hydrogen) atoms. The number of nitro benzene ring substituents is 1. The minimum absolute atomic E-state index is 0.117. The average molecular weight is 652 g/mol. The number of thioether (sulfide) groups is 1. The highest BCUT2D eigenvalue weighted by Gasteiger charge is 2.83. The number of nitrogens with one attached hydrogen (secondary N) is 1. The van der Waals surface area contributed by atoms with Gasteiger partial charge in [0.1, 0.15) is 4.75 Å². The number of carbonyl (C=O) groups is 2. The maximum atomic E-state index is 15.3. The Kier molecular flexibility index (Phi) is 5.87. The topological polar surface area (TPSA) is 121 Å². The Bertz CT molecular complexity index is 1820. The Balaban J connectivity index is 1.38. The largest absolute Gasteiger partial charge is 0.344 e. The van der Waals surface area contributed by atoms with Gasteiger partial charge in [0.25, 0.3) is 11.6 Å². The molecule has 0 bridgehead atoms. The molecule has 1 N–H and O–H groups in total. The van der Waals surface area contributed by atoms with E-state index in [1.54, 1.807) is 54.4 Å². The van der Waals surface area contributed by atoms with Gasteiger partial charge in [-0.25, -0.2) is 0 Å². The SMILES string of the molecule is CN1CC(c2ccccc2[N+](=O)[O-])C2(SC34ON=C(c5c(Cl)cccc5Cl)N3CCCN4C2=O)C12C(=O)Nc1ccccc12. The molecular formula is C30H24Cl2N6O5S. The first-order chi connectivity index (χ1) is 21.2. The van der Waals surface area contributed by atoms with Crippen LogP contribution in [0.4, 0.5) is 11.4 Å². The number of amidine groups is 1. The van der Waals surface area contributed by atoms with Crippen molar-refractivity contribution in [1.29, 1.82) is 0 Å². The van der Waals surface area contributed by atoms with Gasteiger partial charge in [-0.3, -0.25) is 34.4 Å². The lowest BCUT2D eigenvalue weighted by atomic mass is 9.71. The molecule has 0 aliphatic carbocycles. The van der Waals surface area contributed by atoms with E-state index in [-0.39, 0.29) is 24.0 Å². The highest BCUT2D eigenvalue weighted by molar-refractivity contribution is 8.03. The van der Waals surface area contributed by atoms with E-state index in [0.717, 1.165) is 0 Å². The summed E-state index contributed by atoms with van der Waals surface area (Å²) in [5, 5.41) is 19.1. The smallest absolute Gasteiger partial charge is 0.332 e. The van der Waals surface area contributed by atoms with Crippen LogP contribution >= 0.6 is 35.0 Å². The lowest BCUT2D eigenvalue weighted by molar-refractivity contribution is -0.385. The van der Waals surface area contributed by atoms with Crippen molar-refractivity contribution in [3.8, 4) is 0 Å². The van der Waals surface area contributed by atoms with Crippen LogP contribution in [-0.2, 0) is 20.0 Å². The number of oxime groups is 1. The van der Waals surface area contributed by atoms with Crippen molar-refractivity contribution in [2.75, 3.05) is 32.0 Å². The number of para-hydroxylation sites is 2. The number of nitro groups is 1. The fourth-order valence-electron chi connectivity index (χ4n) is 7.79. The minimum Gasteiger partial charge on any atom is -0.332 e. The second-order valence-electron chi connectivity index (χ2n) is 11.4. The molecule has 0 saturated carbocycles. The number of amides is 2. The van der Waals surface area contributed by atoms with Crippen LogP contribution in [0.15, 0.2) is 71.9 Å². The van der Waals surface area contributed by atoms with Crippen LogP contribution in [0, 0.1) is 10.1 Å². The van der Waals surface area contributed by atoms with Gasteiger partial charge < -0.3 is 10.2 Å². The molecule has 5 heterocycles. The number of anilines is 1. The maximum Gasteiger partial charge on any atom is 0.344 e. The second-order valence-corrected chi connectivity index (χ2v) is 13.6. The molecule has 11 nitrogen and oxygen atoms in total. The van der Waals surface area contributed by atoms with Gasteiger partial charge in [-0.15, -0.1) is 0 Å². The van der Waals surface area contributed by atoms with Crippen LogP contribution < -0.4 is 5.32 Å². The van der Waals surface area contributed by atoms with Crippen LogP contribution in [-0.4, -0.2) is 73.9 Å². The monoisotopic (exact) mass is 650 g/mol. The van der Waals surface area contributed by atoms with Crippen molar-refractivity contribution < 1.29 is 19.3 Å².